The van der Waals surface area contributed by atoms with Gasteiger partial charge in [-0.25, -0.2) is 0 Å². The minimum atomic E-state index is -0.902. The van der Waals surface area contributed by atoms with Crippen LogP contribution in [0.4, 0.5) is 0 Å². The Kier molecular flexibility index (Phi) is 29.2. The van der Waals surface area contributed by atoms with Crippen LogP contribution in [-0.2, 0) is 41.5 Å². The fourth-order valence-electron chi connectivity index (χ4n) is 11.3. The van der Waals surface area contributed by atoms with Crippen LogP contribution in [0.25, 0.3) is 0 Å². The zero-order chi connectivity index (χ0) is 56.5. The van der Waals surface area contributed by atoms with Gasteiger partial charge >= 0.3 is 17.9 Å². The number of hydrogen-bond acceptors (Lipinski definition) is 10. The van der Waals surface area contributed by atoms with E-state index in [-0.39, 0.29) is 50.3 Å². The molecular weight excluding hydrogens is 965 g/mol. The van der Waals surface area contributed by atoms with Crippen molar-refractivity contribution in [3.05, 3.63) is 44.5 Å². The van der Waals surface area contributed by atoms with Gasteiger partial charge in [0.25, 0.3) is 0 Å². The summed E-state index contributed by atoms with van der Waals surface area (Å²) in [4.78, 5) is 52.4. The molecule has 0 radical (unpaired) electrons. The van der Waals surface area contributed by atoms with Crippen LogP contribution in [0.5, 0.6) is 23.0 Å². The first-order valence-corrected chi connectivity index (χ1v) is 31.0. The maximum Gasteiger partial charge on any atom is 0.311 e. The van der Waals surface area contributed by atoms with Gasteiger partial charge in [0.05, 0.1) is 38.1 Å². The fourth-order valence-corrected chi connectivity index (χ4v) is 11.3. The maximum atomic E-state index is 13.2. The number of carbonyl (C=O) groups is 4. The molecule has 0 N–H and O–H groups in total. The van der Waals surface area contributed by atoms with Crippen LogP contribution in [0, 0.1) is 53.4 Å². The van der Waals surface area contributed by atoms with Gasteiger partial charge in [0.2, 0.25) is 0 Å². The van der Waals surface area contributed by atoms with Gasteiger partial charge < -0.3 is 28.4 Å². The van der Waals surface area contributed by atoms with Gasteiger partial charge in [0.15, 0.2) is 5.78 Å². The molecule has 2 aliphatic heterocycles. The molecule has 2 heterocycles. The maximum absolute atomic E-state index is 13.2. The molecule has 0 saturated carbocycles. The second kappa shape index (κ2) is 34.3. The van der Waals surface area contributed by atoms with Crippen molar-refractivity contribution in [2.24, 2.45) is 11.8 Å². The summed E-state index contributed by atoms with van der Waals surface area (Å²) in [5.74, 6) is 2.96. The van der Waals surface area contributed by atoms with Gasteiger partial charge in [0, 0.05) is 24.0 Å². The summed E-state index contributed by atoms with van der Waals surface area (Å²) in [6.45, 7) is 26.6. The Bertz CT molecular complexity index is 2150. The second-order valence-corrected chi connectivity index (χ2v) is 24.8. The van der Waals surface area contributed by atoms with Crippen molar-refractivity contribution in [3.63, 3.8) is 0 Å². The zero-order valence-corrected chi connectivity index (χ0v) is 51.1. The standard InChI is InChI=1S/C67H108O10/c1-46(2)32-28-24-20-16-14-18-22-26-30-34-55-36-38-57-52(9)63(48(5)50(7)65(57)73-55)75-60(69)41-40-59(68)54(11)72-45-44-67(12,13)77-62(71)43-42-61(70)76-64-49(6)51(8)66-58(53(64)10)39-37-56(74-66)35-31-27-23-19-15-17-21-25-29-33-47(3)4/h46-47,54-56H,14-45H2,1-13H3. The molecule has 4 rings (SSSR count). The highest BCUT2D eigenvalue weighted by Gasteiger charge is 2.31. The number of benzene rings is 2. The van der Waals surface area contributed by atoms with Gasteiger partial charge in [-0.2, -0.15) is 0 Å². The summed E-state index contributed by atoms with van der Waals surface area (Å²) in [6.07, 6.45) is 32.0. The van der Waals surface area contributed by atoms with E-state index in [1.165, 1.54) is 128 Å². The van der Waals surface area contributed by atoms with Crippen molar-refractivity contribution in [2.75, 3.05) is 6.61 Å². The fraction of sp³-hybridized carbons (Fsp3) is 0.761. The molecule has 0 aliphatic carbocycles. The SMILES string of the molecule is Cc1c(C)c2c(c(C)c1OC(=O)CCC(=O)OC(C)(C)CCOC(C)C(=O)CCC(=O)Oc1c(C)c(C)c3c(c1C)CCC(CCCCCCCCCCCC(C)C)O3)CCC(CCCCCCCCCCCC(C)C)O2. The monoisotopic (exact) mass is 1070 g/mol. The Morgan fingerprint density at radius 3 is 1.25 bits per heavy atom. The smallest absolute Gasteiger partial charge is 0.311 e. The molecule has 0 spiro atoms. The number of fused-ring (bicyclic) bond motifs is 2. The van der Waals surface area contributed by atoms with Crippen LogP contribution in [-0.4, -0.2) is 54.2 Å². The number of Topliss-reactive ketones (excluding diaryl/α,β-unsaturated/α-hetero) is 1. The molecule has 0 amide bonds. The Labute approximate surface area is 468 Å². The van der Waals surface area contributed by atoms with Crippen LogP contribution >= 0.6 is 0 Å². The van der Waals surface area contributed by atoms with Gasteiger partial charge in [-0.15, -0.1) is 0 Å². The minimum Gasteiger partial charge on any atom is -0.490 e. The molecule has 436 valence electrons. The van der Waals surface area contributed by atoms with Crippen molar-refractivity contribution in [2.45, 2.75) is 313 Å². The normalized spacial score (nSPS) is 15.7. The molecule has 3 atom stereocenters. The molecule has 2 aromatic carbocycles. The van der Waals surface area contributed by atoms with Crippen LogP contribution < -0.4 is 18.9 Å². The van der Waals surface area contributed by atoms with E-state index in [4.69, 9.17) is 28.4 Å². The van der Waals surface area contributed by atoms with Gasteiger partial charge in [-0.1, -0.05) is 143 Å². The van der Waals surface area contributed by atoms with Crippen molar-refractivity contribution >= 4 is 23.7 Å². The number of unbranched alkanes of at least 4 members (excludes halogenated alkanes) is 16. The zero-order valence-electron chi connectivity index (χ0n) is 51.1. The predicted octanol–water partition coefficient (Wildman–Crippen LogP) is 17.6. The van der Waals surface area contributed by atoms with Gasteiger partial charge in [0.1, 0.15) is 34.7 Å². The lowest BCUT2D eigenvalue weighted by atomic mass is 9.90. The Morgan fingerprint density at radius 1 is 0.481 bits per heavy atom. The van der Waals surface area contributed by atoms with Crippen LogP contribution in [0.3, 0.4) is 0 Å². The number of esters is 3. The van der Waals surface area contributed by atoms with Crippen molar-refractivity contribution < 1.29 is 47.6 Å². The van der Waals surface area contributed by atoms with Crippen LogP contribution in [0.2, 0.25) is 0 Å². The second-order valence-electron chi connectivity index (χ2n) is 24.8. The predicted molar refractivity (Wildman–Crippen MR) is 313 cm³/mol. The van der Waals surface area contributed by atoms with E-state index in [1.807, 2.05) is 41.5 Å². The average molecular weight is 1070 g/mol. The van der Waals surface area contributed by atoms with Crippen molar-refractivity contribution in [1.29, 1.82) is 0 Å². The summed E-state index contributed by atoms with van der Waals surface area (Å²) in [6, 6.07) is 0. The molecule has 2 aliphatic rings. The van der Waals surface area contributed by atoms with E-state index in [2.05, 4.69) is 27.7 Å². The Morgan fingerprint density at radius 2 is 0.844 bits per heavy atom. The Balaban J connectivity index is 1.10. The first kappa shape index (κ1) is 65.6. The summed E-state index contributed by atoms with van der Waals surface area (Å²) < 4.78 is 36.7. The minimum absolute atomic E-state index is 0.0166. The van der Waals surface area contributed by atoms with E-state index in [9.17, 15) is 19.2 Å². The quantitative estimate of drug-likeness (QED) is 0.0365. The summed E-state index contributed by atoms with van der Waals surface area (Å²) in [5, 5.41) is 0. The lowest BCUT2D eigenvalue weighted by Crippen LogP contribution is -2.31. The topological polar surface area (TPSA) is 124 Å². The molecular formula is C67H108O10. The van der Waals surface area contributed by atoms with Gasteiger partial charge in [-0.3, -0.25) is 19.2 Å². The molecule has 0 saturated heterocycles. The lowest BCUT2D eigenvalue weighted by molar-refractivity contribution is -0.160. The molecule has 3 unspecified atom stereocenters. The number of hydrogen-bond donors (Lipinski definition) is 0. The number of ketones is 1. The number of rotatable bonds is 38. The molecule has 0 bridgehead atoms. The summed E-state index contributed by atoms with van der Waals surface area (Å²) in [5.41, 5.74) is 6.93. The van der Waals surface area contributed by atoms with E-state index in [1.54, 1.807) is 20.8 Å². The van der Waals surface area contributed by atoms with Crippen LogP contribution in [0.1, 0.15) is 279 Å². The molecule has 2 aromatic rings. The third-order valence-electron chi connectivity index (χ3n) is 16.7. The highest BCUT2D eigenvalue weighted by Crippen LogP contribution is 2.44. The highest BCUT2D eigenvalue weighted by molar-refractivity contribution is 5.87. The average Bonchev–Trinajstić information content (AvgIpc) is 3.38. The molecule has 77 heavy (non-hydrogen) atoms. The van der Waals surface area contributed by atoms with E-state index >= 15 is 0 Å². The summed E-state index contributed by atoms with van der Waals surface area (Å²) in [7, 11) is 0. The van der Waals surface area contributed by atoms with Crippen molar-refractivity contribution in [3.8, 4) is 23.0 Å². The lowest BCUT2D eigenvalue weighted by Gasteiger charge is -2.30. The van der Waals surface area contributed by atoms with Crippen molar-refractivity contribution in [1.82, 2.24) is 0 Å². The van der Waals surface area contributed by atoms with E-state index < -0.39 is 29.6 Å². The molecule has 0 aromatic heterocycles. The first-order chi connectivity index (χ1) is 36.7. The highest BCUT2D eigenvalue weighted by atomic mass is 16.6. The number of carbonyl (C=O) groups excluding carboxylic acids is 4. The van der Waals surface area contributed by atoms with E-state index in [0.29, 0.717) is 17.9 Å². The largest absolute Gasteiger partial charge is 0.490 e. The molecule has 10 nitrogen and oxygen atoms in total. The van der Waals surface area contributed by atoms with Crippen LogP contribution in [0.15, 0.2) is 0 Å². The molecule has 0 fully saturated rings. The number of ether oxygens (including phenoxy) is 6. The third-order valence-corrected chi connectivity index (χ3v) is 16.7. The first-order valence-electron chi connectivity index (χ1n) is 31.0. The Hall–Kier alpha value is -3.92. The molecule has 10 heteroatoms. The summed E-state index contributed by atoms with van der Waals surface area (Å²) >= 11 is 0. The van der Waals surface area contributed by atoms with E-state index in [0.717, 1.165) is 106 Å². The third kappa shape index (κ3) is 23.0. The van der Waals surface area contributed by atoms with Gasteiger partial charge in [-0.05, 0) is 159 Å².